The molecule has 21 heavy (non-hydrogen) atoms. The number of rotatable bonds is 8. The molecule has 0 saturated carbocycles. The summed E-state index contributed by atoms with van der Waals surface area (Å²) in [6.07, 6.45) is 0. The smallest absolute Gasteiger partial charge is 0.124 e. The molecular formula is C18H23NOS. The first-order valence-electron chi connectivity index (χ1n) is 7.44. The first-order chi connectivity index (χ1) is 10.3. The second kappa shape index (κ2) is 8.75. The third-order valence-corrected chi connectivity index (χ3v) is 4.26. The lowest BCUT2D eigenvalue weighted by atomic mass is 10.1. The van der Waals surface area contributed by atoms with Gasteiger partial charge in [-0.15, -0.1) is 11.8 Å². The van der Waals surface area contributed by atoms with E-state index in [4.69, 9.17) is 4.74 Å². The lowest BCUT2D eigenvalue weighted by Gasteiger charge is -2.17. The minimum absolute atomic E-state index is 0.295. The number of hydrogen-bond donors (Lipinski definition) is 1. The van der Waals surface area contributed by atoms with Gasteiger partial charge in [0.2, 0.25) is 0 Å². The summed E-state index contributed by atoms with van der Waals surface area (Å²) in [6.45, 7) is 5.88. The molecule has 0 fully saturated rings. The molecule has 0 aliphatic rings. The van der Waals surface area contributed by atoms with E-state index in [0.717, 1.165) is 18.0 Å². The van der Waals surface area contributed by atoms with Gasteiger partial charge in [-0.1, -0.05) is 36.4 Å². The van der Waals surface area contributed by atoms with Crippen molar-refractivity contribution in [1.82, 2.24) is 5.32 Å². The number of ether oxygens (including phenoxy) is 1. The molecule has 1 atom stereocenters. The Kier molecular flexibility index (Phi) is 6.64. The number of benzene rings is 2. The minimum Gasteiger partial charge on any atom is -0.494 e. The molecule has 0 aliphatic heterocycles. The third-order valence-electron chi connectivity index (χ3n) is 3.25. The molecule has 2 aromatic carbocycles. The summed E-state index contributed by atoms with van der Waals surface area (Å²) < 4.78 is 5.69. The van der Waals surface area contributed by atoms with Gasteiger partial charge in [0.05, 0.1) is 6.61 Å². The molecule has 0 saturated heterocycles. The van der Waals surface area contributed by atoms with Crippen LogP contribution in [0.2, 0.25) is 0 Å². The molecule has 2 rings (SSSR count). The Labute approximate surface area is 131 Å². The maximum absolute atomic E-state index is 5.69. The largest absolute Gasteiger partial charge is 0.494 e. The van der Waals surface area contributed by atoms with Crippen LogP contribution in [-0.4, -0.2) is 18.9 Å². The van der Waals surface area contributed by atoms with Crippen molar-refractivity contribution < 1.29 is 4.74 Å². The van der Waals surface area contributed by atoms with E-state index in [1.807, 2.05) is 30.8 Å². The Morgan fingerprint density at radius 1 is 1.05 bits per heavy atom. The van der Waals surface area contributed by atoms with Gasteiger partial charge in [0.15, 0.2) is 0 Å². The fraction of sp³-hybridized carbons (Fsp3) is 0.333. The Balaban J connectivity index is 1.80. The molecule has 2 nitrogen and oxygen atoms in total. The topological polar surface area (TPSA) is 21.3 Å². The second-order valence-electron chi connectivity index (χ2n) is 4.81. The quantitative estimate of drug-likeness (QED) is 0.572. The zero-order chi connectivity index (χ0) is 14.9. The molecule has 0 radical (unpaired) electrons. The standard InChI is InChI=1S/C18H23NOS/c1-3-20-18-12-8-7-11-17(18)15(2)19-13-14-21-16-9-5-4-6-10-16/h4-12,15,19H,3,13-14H2,1-2H3. The van der Waals surface area contributed by atoms with Gasteiger partial charge >= 0.3 is 0 Å². The van der Waals surface area contributed by atoms with E-state index in [2.05, 4.69) is 54.7 Å². The van der Waals surface area contributed by atoms with E-state index < -0.39 is 0 Å². The van der Waals surface area contributed by atoms with Gasteiger partial charge in [-0.3, -0.25) is 0 Å². The normalized spacial score (nSPS) is 12.1. The van der Waals surface area contributed by atoms with Crippen molar-refractivity contribution in [1.29, 1.82) is 0 Å². The molecule has 0 amide bonds. The molecule has 0 spiro atoms. The average molecular weight is 301 g/mol. The van der Waals surface area contributed by atoms with Crippen LogP contribution in [0.25, 0.3) is 0 Å². The summed E-state index contributed by atoms with van der Waals surface area (Å²) in [5, 5.41) is 3.57. The van der Waals surface area contributed by atoms with Crippen LogP contribution in [0.15, 0.2) is 59.5 Å². The maximum atomic E-state index is 5.69. The first-order valence-corrected chi connectivity index (χ1v) is 8.42. The third kappa shape index (κ3) is 5.10. The lowest BCUT2D eigenvalue weighted by molar-refractivity contribution is 0.332. The number of nitrogens with one attached hydrogen (secondary N) is 1. The molecule has 3 heteroatoms. The van der Waals surface area contributed by atoms with Crippen LogP contribution in [0.1, 0.15) is 25.5 Å². The summed E-state index contributed by atoms with van der Waals surface area (Å²) in [5.41, 5.74) is 1.23. The van der Waals surface area contributed by atoms with Crippen LogP contribution in [0.5, 0.6) is 5.75 Å². The van der Waals surface area contributed by atoms with Crippen LogP contribution in [0.4, 0.5) is 0 Å². The highest BCUT2D eigenvalue weighted by Gasteiger charge is 2.10. The van der Waals surface area contributed by atoms with Gasteiger partial charge in [-0.2, -0.15) is 0 Å². The van der Waals surface area contributed by atoms with Crippen LogP contribution < -0.4 is 10.1 Å². The first kappa shape index (κ1) is 15.9. The molecule has 0 heterocycles. The van der Waals surface area contributed by atoms with E-state index >= 15 is 0 Å². The van der Waals surface area contributed by atoms with Crippen molar-refractivity contribution in [3.8, 4) is 5.75 Å². The van der Waals surface area contributed by atoms with Crippen molar-refractivity contribution in [2.45, 2.75) is 24.8 Å². The molecule has 1 N–H and O–H groups in total. The van der Waals surface area contributed by atoms with Crippen molar-refractivity contribution in [2.75, 3.05) is 18.9 Å². The Bertz CT molecular complexity index is 530. The van der Waals surface area contributed by atoms with Gasteiger partial charge < -0.3 is 10.1 Å². The van der Waals surface area contributed by atoms with Crippen LogP contribution >= 0.6 is 11.8 Å². The zero-order valence-corrected chi connectivity index (χ0v) is 13.5. The lowest BCUT2D eigenvalue weighted by Crippen LogP contribution is -2.21. The summed E-state index contributed by atoms with van der Waals surface area (Å²) in [6, 6.07) is 19.1. The summed E-state index contributed by atoms with van der Waals surface area (Å²) in [7, 11) is 0. The van der Waals surface area contributed by atoms with E-state index in [1.165, 1.54) is 10.5 Å². The van der Waals surface area contributed by atoms with Crippen molar-refractivity contribution in [3.05, 3.63) is 60.2 Å². The Morgan fingerprint density at radius 2 is 1.76 bits per heavy atom. The van der Waals surface area contributed by atoms with Crippen LogP contribution in [0, 0.1) is 0 Å². The number of thioether (sulfide) groups is 1. The monoisotopic (exact) mass is 301 g/mol. The van der Waals surface area contributed by atoms with Gasteiger partial charge in [-0.05, 0) is 32.0 Å². The Morgan fingerprint density at radius 3 is 2.52 bits per heavy atom. The summed E-state index contributed by atoms with van der Waals surface area (Å²) >= 11 is 1.88. The van der Waals surface area contributed by atoms with Crippen molar-refractivity contribution in [2.24, 2.45) is 0 Å². The fourth-order valence-corrected chi connectivity index (χ4v) is 3.00. The van der Waals surface area contributed by atoms with Crippen molar-refractivity contribution >= 4 is 11.8 Å². The van der Waals surface area contributed by atoms with E-state index in [0.29, 0.717) is 12.6 Å². The fourth-order valence-electron chi connectivity index (χ4n) is 2.20. The Hall–Kier alpha value is -1.45. The van der Waals surface area contributed by atoms with Gasteiger partial charge in [0.1, 0.15) is 5.75 Å². The van der Waals surface area contributed by atoms with E-state index in [-0.39, 0.29) is 0 Å². The van der Waals surface area contributed by atoms with Crippen LogP contribution in [0.3, 0.4) is 0 Å². The van der Waals surface area contributed by atoms with E-state index in [1.54, 1.807) is 0 Å². The summed E-state index contributed by atoms with van der Waals surface area (Å²) in [5.74, 6) is 2.04. The molecule has 2 aromatic rings. The molecule has 0 bridgehead atoms. The second-order valence-corrected chi connectivity index (χ2v) is 5.98. The van der Waals surface area contributed by atoms with Gasteiger partial charge in [-0.25, -0.2) is 0 Å². The average Bonchev–Trinajstić information content (AvgIpc) is 2.53. The highest BCUT2D eigenvalue weighted by molar-refractivity contribution is 7.99. The highest BCUT2D eigenvalue weighted by atomic mass is 32.2. The zero-order valence-electron chi connectivity index (χ0n) is 12.7. The molecule has 1 unspecified atom stereocenters. The SMILES string of the molecule is CCOc1ccccc1C(C)NCCSc1ccccc1. The molecule has 112 valence electrons. The van der Waals surface area contributed by atoms with Crippen molar-refractivity contribution in [3.63, 3.8) is 0 Å². The number of hydrogen-bond acceptors (Lipinski definition) is 3. The maximum Gasteiger partial charge on any atom is 0.124 e. The molecular weight excluding hydrogens is 278 g/mol. The van der Waals surface area contributed by atoms with Gasteiger partial charge in [0, 0.05) is 28.8 Å². The van der Waals surface area contributed by atoms with Crippen LogP contribution in [-0.2, 0) is 0 Å². The predicted molar refractivity (Wildman–Crippen MR) is 91.2 cm³/mol. The number of para-hydroxylation sites is 1. The predicted octanol–water partition coefficient (Wildman–Crippen LogP) is 4.53. The minimum atomic E-state index is 0.295. The van der Waals surface area contributed by atoms with Gasteiger partial charge in [0.25, 0.3) is 0 Å². The highest BCUT2D eigenvalue weighted by Crippen LogP contribution is 2.25. The molecule has 0 aromatic heterocycles. The van der Waals surface area contributed by atoms with E-state index in [9.17, 15) is 0 Å². The summed E-state index contributed by atoms with van der Waals surface area (Å²) in [4.78, 5) is 1.32. The molecule has 0 aliphatic carbocycles.